The minimum absolute atomic E-state index is 0.0873. The smallest absolute Gasteiger partial charge is 0.134 e. The van der Waals surface area contributed by atoms with E-state index in [1.54, 1.807) is 7.11 Å². The van der Waals surface area contributed by atoms with Crippen LogP contribution in [0.5, 0.6) is 5.75 Å². The lowest BCUT2D eigenvalue weighted by atomic mass is 9.64. The van der Waals surface area contributed by atoms with Gasteiger partial charge in [0.2, 0.25) is 0 Å². The second-order valence-corrected chi connectivity index (χ2v) is 8.50. The molecule has 144 valence electrons. The van der Waals surface area contributed by atoms with Crippen LogP contribution in [-0.2, 0) is 5.41 Å². The van der Waals surface area contributed by atoms with Gasteiger partial charge in [-0.15, -0.1) is 0 Å². The van der Waals surface area contributed by atoms with Gasteiger partial charge in [-0.05, 0) is 55.3 Å². The third-order valence-corrected chi connectivity index (χ3v) is 6.91. The average Bonchev–Trinajstić information content (AvgIpc) is 2.97. The van der Waals surface area contributed by atoms with Gasteiger partial charge >= 0.3 is 0 Å². The Kier molecular flexibility index (Phi) is 4.90. The molecule has 2 unspecified atom stereocenters. The maximum Gasteiger partial charge on any atom is 0.134 e. The first kappa shape index (κ1) is 18.4. The van der Waals surface area contributed by atoms with Gasteiger partial charge in [-0.1, -0.05) is 32.1 Å². The predicted molar refractivity (Wildman–Crippen MR) is 111 cm³/mol. The summed E-state index contributed by atoms with van der Waals surface area (Å²) >= 11 is 0. The van der Waals surface area contributed by atoms with E-state index in [-0.39, 0.29) is 5.41 Å². The second kappa shape index (κ2) is 7.20. The van der Waals surface area contributed by atoms with Crippen LogP contribution in [0.25, 0.3) is 0 Å². The van der Waals surface area contributed by atoms with Crippen LogP contribution in [0, 0.1) is 23.7 Å². The molecule has 0 bridgehead atoms. The highest BCUT2D eigenvalue weighted by atomic mass is 16.5. The number of likely N-dealkylation sites (N-methyl/N-ethyl adjacent to an activating group) is 1. The number of hydrogen-bond donors (Lipinski definition) is 1. The van der Waals surface area contributed by atoms with Crippen molar-refractivity contribution in [3.8, 4) is 17.6 Å². The summed E-state index contributed by atoms with van der Waals surface area (Å²) in [5.41, 5.74) is 3.40. The number of fused-ring (bicyclic) bond motifs is 2. The molecule has 1 saturated carbocycles. The lowest BCUT2D eigenvalue weighted by Gasteiger charge is -2.40. The average molecular weight is 366 g/mol. The molecular weight excluding hydrogens is 334 g/mol. The lowest BCUT2D eigenvalue weighted by molar-refractivity contribution is 0.153. The van der Waals surface area contributed by atoms with Crippen molar-refractivity contribution in [2.75, 3.05) is 33.8 Å². The Morgan fingerprint density at radius 3 is 2.74 bits per heavy atom. The summed E-state index contributed by atoms with van der Waals surface area (Å²) < 4.78 is 5.69. The van der Waals surface area contributed by atoms with Gasteiger partial charge in [0.1, 0.15) is 11.6 Å². The van der Waals surface area contributed by atoms with Crippen molar-refractivity contribution in [3.05, 3.63) is 23.3 Å². The standard InChI is InChI=1S/C23H31N3O/c1-16-8-12-26(15-17(16)2)11-5-7-18-13-20-19(14-21(18)27-4)23(9-6-10-23)22(24-3)25-20/h13-14,16-17H,6,8-12,15H2,1-4H3,(H,24,25). The van der Waals surface area contributed by atoms with Crippen LogP contribution in [0.3, 0.4) is 0 Å². The van der Waals surface area contributed by atoms with Crippen molar-refractivity contribution in [2.45, 2.75) is 44.9 Å². The van der Waals surface area contributed by atoms with E-state index in [4.69, 9.17) is 9.73 Å². The Morgan fingerprint density at radius 1 is 1.30 bits per heavy atom. The molecule has 0 amide bonds. The zero-order valence-corrected chi connectivity index (χ0v) is 17.1. The number of hydrogen-bond acceptors (Lipinski definition) is 4. The van der Waals surface area contributed by atoms with E-state index < -0.39 is 0 Å². The predicted octanol–water partition coefficient (Wildman–Crippen LogP) is 3.71. The van der Waals surface area contributed by atoms with Gasteiger partial charge in [0.15, 0.2) is 0 Å². The molecule has 1 aromatic carbocycles. The Hall–Kier alpha value is -1.99. The number of benzene rings is 1. The second-order valence-electron chi connectivity index (χ2n) is 8.50. The van der Waals surface area contributed by atoms with Crippen molar-refractivity contribution >= 4 is 11.5 Å². The van der Waals surface area contributed by atoms with Crippen LogP contribution in [0.2, 0.25) is 0 Å². The summed E-state index contributed by atoms with van der Waals surface area (Å²) in [6.07, 6.45) is 4.87. The largest absolute Gasteiger partial charge is 0.495 e. The van der Waals surface area contributed by atoms with E-state index in [2.05, 4.69) is 48.0 Å². The molecule has 1 N–H and O–H groups in total. The normalized spacial score (nSPS) is 25.9. The quantitative estimate of drug-likeness (QED) is 0.812. The fourth-order valence-corrected chi connectivity index (χ4v) is 4.74. The Balaban J connectivity index is 1.56. The van der Waals surface area contributed by atoms with Crippen molar-refractivity contribution in [3.63, 3.8) is 0 Å². The molecule has 4 heteroatoms. The third kappa shape index (κ3) is 3.12. The number of amidine groups is 1. The zero-order valence-electron chi connectivity index (χ0n) is 17.1. The maximum atomic E-state index is 5.69. The number of rotatable bonds is 2. The van der Waals surface area contributed by atoms with Gasteiger partial charge in [-0.2, -0.15) is 0 Å². The minimum atomic E-state index is 0.0873. The molecule has 2 atom stereocenters. The highest BCUT2D eigenvalue weighted by molar-refractivity contribution is 6.01. The summed E-state index contributed by atoms with van der Waals surface area (Å²) in [6, 6.07) is 4.30. The molecular formula is C23H31N3O. The van der Waals surface area contributed by atoms with E-state index in [0.29, 0.717) is 0 Å². The third-order valence-electron chi connectivity index (χ3n) is 6.91. The number of nitrogens with one attached hydrogen (secondary N) is 1. The van der Waals surface area contributed by atoms with Crippen LogP contribution in [0.4, 0.5) is 5.69 Å². The van der Waals surface area contributed by atoms with E-state index in [1.165, 1.54) is 31.2 Å². The van der Waals surface area contributed by atoms with Crippen molar-refractivity contribution in [1.29, 1.82) is 0 Å². The summed E-state index contributed by atoms with van der Waals surface area (Å²) in [5, 5.41) is 3.32. The maximum absolute atomic E-state index is 5.69. The molecule has 1 saturated heterocycles. The number of aliphatic imine (C=N–C) groups is 1. The summed E-state index contributed by atoms with van der Waals surface area (Å²) in [4.78, 5) is 7.34. The SMILES string of the molecule is CNC1=Nc2cc(C#CCN3CCC(C)C(C)C3)c(OC)cc2C12CCC2. The van der Waals surface area contributed by atoms with Crippen molar-refractivity contribution in [1.82, 2.24) is 10.2 Å². The van der Waals surface area contributed by atoms with Gasteiger partial charge < -0.3 is 10.1 Å². The van der Waals surface area contributed by atoms with E-state index >= 15 is 0 Å². The summed E-state index contributed by atoms with van der Waals surface area (Å²) in [7, 11) is 3.71. The molecule has 0 aromatic heterocycles. The van der Waals surface area contributed by atoms with Gasteiger partial charge in [0, 0.05) is 13.6 Å². The minimum Gasteiger partial charge on any atom is -0.495 e. The Bertz CT molecular complexity index is 813. The number of ether oxygens (including phenoxy) is 1. The number of piperidine rings is 1. The van der Waals surface area contributed by atoms with Crippen molar-refractivity contribution < 1.29 is 4.74 Å². The molecule has 2 aliphatic heterocycles. The zero-order chi connectivity index (χ0) is 19.0. The van der Waals surface area contributed by atoms with Gasteiger partial charge in [0.05, 0.1) is 30.3 Å². The first-order chi connectivity index (χ1) is 13.1. The van der Waals surface area contributed by atoms with Crippen LogP contribution in [0.1, 0.15) is 50.7 Å². The first-order valence-corrected chi connectivity index (χ1v) is 10.3. The Morgan fingerprint density at radius 2 is 2.11 bits per heavy atom. The molecule has 0 radical (unpaired) electrons. The topological polar surface area (TPSA) is 36.9 Å². The molecule has 3 aliphatic rings. The molecule has 4 rings (SSSR count). The lowest BCUT2D eigenvalue weighted by Crippen LogP contribution is -2.45. The van der Waals surface area contributed by atoms with Gasteiger partial charge in [0.25, 0.3) is 0 Å². The summed E-state index contributed by atoms with van der Waals surface area (Å²) in [6.45, 7) is 7.83. The number of likely N-dealkylation sites (tertiary alicyclic amines) is 1. The van der Waals surface area contributed by atoms with Crippen LogP contribution < -0.4 is 10.1 Å². The van der Waals surface area contributed by atoms with Crippen LogP contribution >= 0.6 is 0 Å². The Labute approximate surface area is 163 Å². The molecule has 1 aromatic rings. The first-order valence-electron chi connectivity index (χ1n) is 10.3. The fraction of sp³-hybridized carbons (Fsp3) is 0.609. The van der Waals surface area contributed by atoms with Crippen LogP contribution in [-0.4, -0.2) is 44.5 Å². The van der Waals surface area contributed by atoms with Gasteiger partial charge in [-0.25, -0.2) is 4.99 Å². The molecule has 1 aliphatic carbocycles. The molecule has 1 spiro atoms. The van der Waals surface area contributed by atoms with Crippen LogP contribution in [0.15, 0.2) is 17.1 Å². The monoisotopic (exact) mass is 365 g/mol. The van der Waals surface area contributed by atoms with Crippen molar-refractivity contribution in [2.24, 2.45) is 16.8 Å². The van der Waals surface area contributed by atoms with E-state index in [0.717, 1.165) is 54.3 Å². The van der Waals surface area contributed by atoms with E-state index in [9.17, 15) is 0 Å². The fourth-order valence-electron chi connectivity index (χ4n) is 4.74. The van der Waals surface area contributed by atoms with E-state index in [1.807, 2.05) is 7.05 Å². The molecule has 2 fully saturated rings. The highest BCUT2D eigenvalue weighted by Crippen LogP contribution is 2.53. The highest BCUT2D eigenvalue weighted by Gasteiger charge is 2.48. The van der Waals surface area contributed by atoms with Gasteiger partial charge in [-0.3, -0.25) is 4.90 Å². The molecule has 4 nitrogen and oxygen atoms in total. The summed E-state index contributed by atoms with van der Waals surface area (Å²) in [5.74, 6) is 10.3. The number of nitrogens with zero attached hydrogens (tertiary/aromatic N) is 2. The molecule has 27 heavy (non-hydrogen) atoms. The number of methoxy groups -OCH3 is 1. The molecule has 2 heterocycles.